The maximum Gasteiger partial charge on any atom is 0.119 e. The Balaban J connectivity index is 2.09. The Hall–Kier alpha value is -2.01. The minimum absolute atomic E-state index is 0.127. The van der Waals surface area contributed by atoms with Gasteiger partial charge in [0.1, 0.15) is 6.17 Å². The summed E-state index contributed by atoms with van der Waals surface area (Å²) in [5.41, 5.74) is 8.80. The van der Waals surface area contributed by atoms with Crippen LogP contribution in [0.25, 0.3) is 10.9 Å². The lowest BCUT2D eigenvalue weighted by molar-refractivity contribution is 0.269. The molecule has 1 aromatic carbocycles. The van der Waals surface area contributed by atoms with Gasteiger partial charge in [-0.1, -0.05) is 0 Å². The fourth-order valence-corrected chi connectivity index (χ4v) is 2.97. The summed E-state index contributed by atoms with van der Waals surface area (Å²) in [7, 11) is 1.74. The van der Waals surface area contributed by atoms with Crippen molar-refractivity contribution in [1.29, 1.82) is 0 Å². The molecule has 1 aliphatic heterocycles. The van der Waals surface area contributed by atoms with E-state index in [2.05, 4.69) is 9.98 Å². The molecule has 21 heavy (non-hydrogen) atoms. The zero-order valence-corrected chi connectivity index (χ0v) is 12.0. The molecule has 2 heterocycles. The number of alkyl halides is 1. The Labute approximate surface area is 123 Å². The predicted molar refractivity (Wildman–Crippen MR) is 85.0 cm³/mol. The number of aliphatic imine (C=N–C) groups is 1. The van der Waals surface area contributed by atoms with E-state index in [4.69, 9.17) is 5.73 Å². The highest BCUT2D eigenvalue weighted by Gasteiger charge is 2.26. The average Bonchev–Trinajstić information content (AvgIpc) is 2.47. The zero-order chi connectivity index (χ0) is 14.8. The first-order chi connectivity index (χ1) is 10.2. The summed E-state index contributed by atoms with van der Waals surface area (Å²) < 4.78 is 13.8. The number of nitrogens with zero attached hydrogens (tertiary/aromatic N) is 3. The largest absolute Gasteiger partial charge is 0.367 e. The molecule has 4 nitrogen and oxygen atoms in total. The van der Waals surface area contributed by atoms with Crippen LogP contribution in [0.2, 0.25) is 0 Å². The Bertz CT molecular complexity index is 660. The van der Waals surface area contributed by atoms with Gasteiger partial charge in [-0.3, -0.25) is 9.98 Å². The van der Waals surface area contributed by atoms with Crippen molar-refractivity contribution in [1.82, 2.24) is 4.98 Å². The van der Waals surface area contributed by atoms with Gasteiger partial charge in [0, 0.05) is 55.2 Å². The van der Waals surface area contributed by atoms with Crippen molar-refractivity contribution in [2.75, 3.05) is 25.0 Å². The molecule has 0 radical (unpaired) electrons. The normalized spacial score (nSPS) is 23.1. The topological polar surface area (TPSA) is 54.5 Å². The molecule has 2 N–H and O–H groups in total. The van der Waals surface area contributed by atoms with Gasteiger partial charge in [-0.15, -0.1) is 0 Å². The lowest BCUT2D eigenvalue weighted by Gasteiger charge is -2.35. The molecule has 1 aromatic heterocycles. The van der Waals surface area contributed by atoms with Crippen molar-refractivity contribution in [2.24, 2.45) is 10.7 Å². The molecule has 1 aliphatic rings. The van der Waals surface area contributed by atoms with Crippen LogP contribution in [0.4, 0.5) is 10.1 Å². The number of nitrogens with two attached hydrogens (primary N) is 1. The smallest absolute Gasteiger partial charge is 0.119 e. The first kappa shape index (κ1) is 13.9. The van der Waals surface area contributed by atoms with Crippen molar-refractivity contribution in [3.63, 3.8) is 0 Å². The monoisotopic (exact) mass is 286 g/mol. The van der Waals surface area contributed by atoms with Crippen LogP contribution in [0, 0.1) is 0 Å². The molecule has 0 aliphatic carbocycles. The number of anilines is 1. The van der Waals surface area contributed by atoms with E-state index in [1.165, 1.54) is 0 Å². The molecule has 2 atom stereocenters. The van der Waals surface area contributed by atoms with Crippen molar-refractivity contribution < 1.29 is 4.39 Å². The second-order valence-corrected chi connectivity index (χ2v) is 5.46. The van der Waals surface area contributed by atoms with Gasteiger partial charge in [0.2, 0.25) is 0 Å². The van der Waals surface area contributed by atoms with Gasteiger partial charge >= 0.3 is 0 Å². The molecular formula is C16H19FN4. The molecule has 3 rings (SSSR count). The third-order valence-electron chi connectivity index (χ3n) is 3.82. The number of benzene rings is 1. The number of aromatic nitrogens is 1. The van der Waals surface area contributed by atoms with Gasteiger partial charge in [-0.2, -0.15) is 0 Å². The maximum absolute atomic E-state index is 13.8. The summed E-state index contributed by atoms with van der Waals surface area (Å²) in [5, 5.41) is 1.01. The third-order valence-corrected chi connectivity index (χ3v) is 3.82. The number of piperidine rings is 1. The molecule has 1 fully saturated rings. The fourth-order valence-electron chi connectivity index (χ4n) is 2.97. The Kier molecular flexibility index (Phi) is 3.84. The minimum atomic E-state index is -0.877. The van der Waals surface area contributed by atoms with E-state index in [0.29, 0.717) is 19.5 Å². The molecule has 2 aromatic rings. The zero-order valence-electron chi connectivity index (χ0n) is 12.0. The van der Waals surface area contributed by atoms with Crippen LogP contribution in [-0.4, -0.2) is 43.5 Å². The Morgan fingerprint density at radius 2 is 2.24 bits per heavy atom. The van der Waals surface area contributed by atoms with Crippen LogP contribution in [0.15, 0.2) is 35.5 Å². The number of hydrogen-bond donors (Lipinski definition) is 1. The summed E-state index contributed by atoms with van der Waals surface area (Å²) in [6.07, 6.45) is 3.11. The molecule has 0 bridgehead atoms. The standard InChI is InChI=1S/C16H19FN4/c1-19-8-11-4-5-15(14-3-2-6-20-16(11)14)21-9-12(17)7-13(18)10-21/h2-6,8,12-13H,7,9-10,18H2,1H3/t12-,13+/m0/s1. The number of hydrogen-bond acceptors (Lipinski definition) is 4. The molecule has 0 unspecified atom stereocenters. The quantitative estimate of drug-likeness (QED) is 0.861. The average molecular weight is 286 g/mol. The van der Waals surface area contributed by atoms with Crippen molar-refractivity contribution >= 4 is 22.8 Å². The molecular weight excluding hydrogens is 267 g/mol. The molecule has 0 amide bonds. The highest BCUT2D eigenvalue weighted by atomic mass is 19.1. The Morgan fingerprint density at radius 3 is 3.00 bits per heavy atom. The number of halogens is 1. The summed E-state index contributed by atoms with van der Waals surface area (Å²) in [6.45, 7) is 1.06. The van der Waals surface area contributed by atoms with Crippen molar-refractivity contribution in [2.45, 2.75) is 18.6 Å². The minimum Gasteiger partial charge on any atom is -0.367 e. The van der Waals surface area contributed by atoms with E-state index in [0.717, 1.165) is 22.2 Å². The second kappa shape index (κ2) is 5.77. The van der Waals surface area contributed by atoms with Gasteiger partial charge in [0.25, 0.3) is 0 Å². The van der Waals surface area contributed by atoms with Gasteiger partial charge in [-0.05, 0) is 30.7 Å². The van der Waals surface area contributed by atoms with Crippen LogP contribution in [0.3, 0.4) is 0 Å². The van der Waals surface area contributed by atoms with Gasteiger partial charge in [0.05, 0.1) is 5.52 Å². The van der Waals surface area contributed by atoms with E-state index in [9.17, 15) is 4.39 Å². The van der Waals surface area contributed by atoms with Gasteiger partial charge < -0.3 is 10.6 Å². The van der Waals surface area contributed by atoms with Crippen LogP contribution in [0.1, 0.15) is 12.0 Å². The van der Waals surface area contributed by atoms with E-state index in [1.54, 1.807) is 19.5 Å². The number of rotatable bonds is 2. The van der Waals surface area contributed by atoms with Crippen LogP contribution in [-0.2, 0) is 0 Å². The van der Waals surface area contributed by atoms with E-state index in [-0.39, 0.29) is 6.04 Å². The summed E-state index contributed by atoms with van der Waals surface area (Å²) >= 11 is 0. The highest BCUT2D eigenvalue weighted by Crippen LogP contribution is 2.30. The van der Waals surface area contributed by atoms with E-state index >= 15 is 0 Å². The van der Waals surface area contributed by atoms with Crippen molar-refractivity contribution in [3.05, 3.63) is 36.0 Å². The number of pyridine rings is 1. The predicted octanol–water partition coefficient (Wildman–Crippen LogP) is 2.16. The van der Waals surface area contributed by atoms with E-state index < -0.39 is 6.17 Å². The highest BCUT2D eigenvalue weighted by molar-refractivity contribution is 6.03. The lowest BCUT2D eigenvalue weighted by Crippen LogP contribution is -2.48. The first-order valence-electron chi connectivity index (χ1n) is 7.13. The second-order valence-electron chi connectivity index (χ2n) is 5.46. The van der Waals surface area contributed by atoms with Gasteiger partial charge in [-0.25, -0.2) is 4.39 Å². The van der Waals surface area contributed by atoms with E-state index in [1.807, 2.05) is 29.2 Å². The SMILES string of the molecule is CN=Cc1ccc(N2C[C@H](N)C[C@H](F)C2)c2cccnc12. The Morgan fingerprint density at radius 1 is 1.38 bits per heavy atom. The first-order valence-corrected chi connectivity index (χ1v) is 7.13. The third kappa shape index (κ3) is 2.74. The molecule has 1 saturated heterocycles. The van der Waals surface area contributed by atoms with Crippen molar-refractivity contribution in [3.8, 4) is 0 Å². The summed E-state index contributed by atoms with van der Waals surface area (Å²) in [6, 6.07) is 7.77. The van der Waals surface area contributed by atoms with Crippen LogP contribution >= 0.6 is 0 Å². The maximum atomic E-state index is 13.8. The van der Waals surface area contributed by atoms with Crippen LogP contribution < -0.4 is 10.6 Å². The number of fused-ring (bicyclic) bond motifs is 1. The summed E-state index contributed by atoms with van der Waals surface area (Å²) in [4.78, 5) is 10.5. The molecule has 5 heteroatoms. The molecule has 0 saturated carbocycles. The fraction of sp³-hybridized carbons (Fsp3) is 0.375. The van der Waals surface area contributed by atoms with Gasteiger partial charge in [0.15, 0.2) is 0 Å². The summed E-state index contributed by atoms with van der Waals surface area (Å²) in [5.74, 6) is 0. The molecule has 0 spiro atoms. The van der Waals surface area contributed by atoms with Crippen LogP contribution in [0.5, 0.6) is 0 Å². The molecule has 110 valence electrons. The lowest BCUT2D eigenvalue weighted by atomic mass is 10.0.